The predicted molar refractivity (Wildman–Crippen MR) is 101 cm³/mol. The lowest BCUT2D eigenvalue weighted by Gasteiger charge is -1.95. The van der Waals surface area contributed by atoms with Crippen LogP contribution in [0.25, 0.3) is 22.9 Å². The number of thioether (sulfide) groups is 1. The third-order valence-corrected chi connectivity index (χ3v) is 4.80. The highest BCUT2D eigenvalue weighted by Crippen LogP contribution is 2.27. The molecule has 0 bridgehead atoms. The van der Waals surface area contributed by atoms with Gasteiger partial charge in [-0.1, -0.05) is 41.1 Å². The Kier molecular flexibility index (Phi) is 4.77. The summed E-state index contributed by atoms with van der Waals surface area (Å²) in [6, 6.07) is 15.3. The number of rotatable bonds is 5. The van der Waals surface area contributed by atoms with Crippen LogP contribution in [0.15, 0.2) is 68.9 Å². The van der Waals surface area contributed by atoms with E-state index in [0.717, 1.165) is 16.8 Å². The molecule has 0 saturated carbocycles. The van der Waals surface area contributed by atoms with Gasteiger partial charge in [0.1, 0.15) is 6.26 Å². The van der Waals surface area contributed by atoms with Crippen molar-refractivity contribution in [2.45, 2.75) is 17.9 Å². The van der Waals surface area contributed by atoms with Gasteiger partial charge in [-0.25, -0.2) is 4.98 Å². The van der Waals surface area contributed by atoms with E-state index in [4.69, 9.17) is 20.4 Å². The summed E-state index contributed by atoms with van der Waals surface area (Å²) in [4.78, 5) is 4.51. The van der Waals surface area contributed by atoms with Crippen LogP contribution in [-0.4, -0.2) is 15.2 Å². The Balaban J connectivity index is 1.42. The van der Waals surface area contributed by atoms with Crippen molar-refractivity contribution in [2.75, 3.05) is 0 Å². The Morgan fingerprint density at radius 2 is 1.62 bits per heavy atom. The van der Waals surface area contributed by atoms with E-state index in [1.54, 1.807) is 18.4 Å². The summed E-state index contributed by atoms with van der Waals surface area (Å²) in [5.74, 6) is 1.65. The van der Waals surface area contributed by atoms with Crippen LogP contribution in [0.5, 0.6) is 0 Å². The highest BCUT2D eigenvalue weighted by Gasteiger charge is 2.12. The Labute approximate surface area is 159 Å². The predicted octanol–water partition coefficient (Wildman–Crippen LogP) is 5.65. The van der Waals surface area contributed by atoms with E-state index in [1.165, 1.54) is 17.3 Å². The molecular formula is C19H14ClN3O2S. The largest absolute Gasteiger partial charge is 0.444 e. The van der Waals surface area contributed by atoms with E-state index in [2.05, 4.69) is 15.2 Å². The van der Waals surface area contributed by atoms with Crippen LogP contribution >= 0.6 is 23.4 Å². The van der Waals surface area contributed by atoms with Crippen molar-refractivity contribution >= 4 is 23.4 Å². The third kappa shape index (κ3) is 3.81. The van der Waals surface area contributed by atoms with E-state index in [-0.39, 0.29) is 0 Å². The molecule has 0 unspecified atom stereocenters. The minimum Gasteiger partial charge on any atom is -0.444 e. The normalized spacial score (nSPS) is 11.0. The molecule has 0 aliphatic heterocycles. The van der Waals surface area contributed by atoms with Crippen LogP contribution in [-0.2, 0) is 5.75 Å². The number of aryl methyl sites for hydroxylation is 1. The Morgan fingerprint density at radius 1 is 0.923 bits per heavy atom. The average Bonchev–Trinajstić information content (AvgIpc) is 3.31. The maximum Gasteiger partial charge on any atom is 0.277 e. The molecule has 4 aromatic rings. The molecule has 0 radical (unpaired) electrons. The first-order chi connectivity index (χ1) is 12.7. The molecule has 0 N–H and O–H groups in total. The van der Waals surface area contributed by atoms with Gasteiger partial charge < -0.3 is 8.83 Å². The highest BCUT2D eigenvalue weighted by molar-refractivity contribution is 7.98. The molecule has 0 aliphatic rings. The number of hydrogen-bond donors (Lipinski definition) is 0. The molecule has 0 fully saturated rings. The number of hydrogen-bond acceptors (Lipinski definition) is 6. The van der Waals surface area contributed by atoms with Crippen molar-refractivity contribution < 1.29 is 8.83 Å². The Bertz CT molecular complexity index is 926. The van der Waals surface area contributed by atoms with Gasteiger partial charge in [0.25, 0.3) is 5.22 Å². The highest BCUT2D eigenvalue weighted by atomic mass is 35.5. The molecule has 26 heavy (non-hydrogen) atoms. The second-order valence-electron chi connectivity index (χ2n) is 5.68. The molecule has 0 atom stereocenters. The van der Waals surface area contributed by atoms with Crippen molar-refractivity contribution in [3.63, 3.8) is 0 Å². The molecular weight excluding hydrogens is 370 g/mol. The van der Waals surface area contributed by atoms with Gasteiger partial charge in [0.2, 0.25) is 11.8 Å². The summed E-state index contributed by atoms with van der Waals surface area (Å²) in [5, 5.41) is 9.27. The van der Waals surface area contributed by atoms with E-state index >= 15 is 0 Å². The van der Waals surface area contributed by atoms with E-state index in [0.29, 0.717) is 27.8 Å². The van der Waals surface area contributed by atoms with Crippen molar-refractivity contribution in [1.29, 1.82) is 0 Å². The zero-order valence-corrected chi connectivity index (χ0v) is 15.4. The minimum atomic E-state index is 0.463. The number of nitrogens with zero attached hydrogens (tertiary/aromatic N) is 3. The lowest BCUT2D eigenvalue weighted by molar-refractivity contribution is 0.466. The van der Waals surface area contributed by atoms with Crippen LogP contribution < -0.4 is 0 Å². The third-order valence-electron chi connectivity index (χ3n) is 3.69. The topological polar surface area (TPSA) is 65.0 Å². The first-order valence-corrected chi connectivity index (χ1v) is 9.27. The monoisotopic (exact) mass is 383 g/mol. The summed E-state index contributed by atoms with van der Waals surface area (Å²) in [7, 11) is 0. The molecule has 2 heterocycles. The first kappa shape index (κ1) is 16.9. The SMILES string of the molecule is Cc1ccc(-c2nc(CSc3nnc(-c4ccc(Cl)cc4)o3)co2)cc1. The van der Waals surface area contributed by atoms with Gasteiger partial charge in [0.15, 0.2) is 0 Å². The second-order valence-corrected chi connectivity index (χ2v) is 7.04. The molecule has 0 aliphatic carbocycles. The fourth-order valence-electron chi connectivity index (χ4n) is 2.31. The van der Waals surface area contributed by atoms with Crippen LogP contribution in [0.4, 0.5) is 0 Å². The van der Waals surface area contributed by atoms with Crippen molar-refractivity contribution in [3.05, 3.63) is 71.1 Å². The molecule has 0 saturated heterocycles. The summed E-state index contributed by atoms with van der Waals surface area (Å²) in [5.41, 5.74) is 3.80. The van der Waals surface area contributed by atoms with E-state index < -0.39 is 0 Å². The van der Waals surface area contributed by atoms with E-state index in [1.807, 2.05) is 43.3 Å². The fourth-order valence-corrected chi connectivity index (χ4v) is 3.08. The first-order valence-electron chi connectivity index (χ1n) is 7.91. The lowest BCUT2D eigenvalue weighted by Crippen LogP contribution is -1.83. The number of aromatic nitrogens is 3. The number of oxazole rings is 1. The van der Waals surface area contributed by atoms with Gasteiger partial charge in [-0.3, -0.25) is 0 Å². The maximum absolute atomic E-state index is 5.89. The van der Waals surface area contributed by atoms with Crippen LogP contribution in [0.1, 0.15) is 11.3 Å². The second kappa shape index (κ2) is 7.35. The molecule has 0 spiro atoms. The average molecular weight is 384 g/mol. The molecule has 2 aromatic carbocycles. The van der Waals surface area contributed by atoms with Crippen LogP contribution in [0, 0.1) is 6.92 Å². The van der Waals surface area contributed by atoms with Gasteiger partial charge in [-0.2, -0.15) is 0 Å². The summed E-state index contributed by atoms with van der Waals surface area (Å²) in [6.45, 7) is 2.05. The Morgan fingerprint density at radius 3 is 2.38 bits per heavy atom. The molecule has 4 rings (SSSR count). The quantitative estimate of drug-likeness (QED) is 0.415. The molecule has 2 aromatic heterocycles. The summed E-state index contributed by atoms with van der Waals surface area (Å²) < 4.78 is 11.2. The summed E-state index contributed by atoms with van der Waals surface area (Å²) in [6.07, 6.45) is 1.65. The zero-order valence-electron chi connectivity index (χ0n) is 13.8. The Hall–Kier alpha value is -2.57. The molecule has 0 amide bonds. The standard InChI is InChI=1S/C19H14ClN3O2S/c1-12-2-4-13(5-3-12)17-21-16(10-24-17)11-26-19-23-22-18(25-19)14-6-8-15(20)9-7-14/h2-10H,11H2,1H3. The van der Waals surface area contributed by atoms with Crippen molar-refractivity contribution in [1.82, 2.24) is 15.2 Å². The van der Waals surface area contributed by atoms with Gasteiger partial charge >= 0.3 is 0 Å². The number of halogens is 1. The van der Waals surface area contributed by atoms with Gasteiger partial charge in [-0.15, -0.1) is 10.2 Å². The van der Waals surface area contributed by atoms with Gasteiger partial charge in [0, 0.05) is 21.9 Å². The van der Waals surface area contributed by atoms with E-state index in [9.17, 15) is 0 Å². The summed E-state index contributed by atoms with van der Waals surface area (Å²) >= 11 is 7.30. The number of benzene rings is 2. The van der Waals surface area contributed by atoms with Crippen LogP contribution in [0.2, 0.25) is 5.02 Å². The zero-order chi connectivity index (χ0) is 17.9. The fraction of sp³-hybridized carbons (Fsp3) is 0.105. The van der Waals surface area contributed by atoms with Crippen LogP contribution in [0.3, 0.4) is 0 Å². The minimum absolute atomic E-state index is 0.463. The molecule has 130 valence electrons. The van der Waals surface area contributed by atoms with Gasteiger partial charge in [0.05, 0.1) is 5.69 Å². The van der Waals surface area contributed by atoms with Crippen molar-refractivity contribution in [3.8, 4) is 22.9 Å². The maximum atomic E-state index is 5.89. The molecule has 7 heteroatoms. The molecule has 5 nitrogen and oxygen atoms in total. The lowest BCUT2D eigenvalue weighted by atomic mass is 10.1. The smallest absolute Gasteiger partial charge is 0.277 e. The van der Waals surface area contributed by atoms with Crippen molar-refractivity contribution in [2.24, 2.45) is 0 Å². The van der Waals surface area contributed by atoms with Gasteiger partial charge in [-0.05, 0) is 43.3 Å².